The van der Waals surface area contributed by atoms with Gasteiger partial charge in [-0.3, -0.25) is 0 Å². The molecule has 0 saturated heterocycles. The molecule has 1 heterocycles. The summed E-state index contributed by atoms with van der Waals surface area (Å²) in [5.74, 6) is 0.476. The van der Waals surface area contributed by atoms with E-state index in [4.69, 9.17) is 21.7 Å². The summed E-state index contributed by atoms with van der Waals surface area (Å²) in [6.45, 7) is 8.33. The van der Waals surface area contributed by atoms with E-state index in [-0.39, 0.29) is 18.1 Å². The predicted molar refractivity (Wildman–Crippen MR) is 102 cm³/mol. The Kier molecular flexibility index (Phi) is 6.82. The molecule has 0 aliphatic carbocycles. The molecule has 6 heteroatoms. The van der Waals surface area contributed by atoms with Crippen LogP contribution in [0, 0.1) is 0 Å². The zero-order chi connectivity index (χ0) is 18.4. The number of allylic oxidation sites excluding steroid dienone is 1. The highest BCUT2D eigenvalue weighted by molar-refractivity contribution is 7.80. The molecule has 2 rings (SSSR count). The van der Waals surface area contributed by atoms with Crippen LogP contribution in [0.1, 0.15) is 52.1 Å². The van der Waals surface area contributed by atoms with Gasteiger partial charge in [-0.2, -0.15) is 0 Å². The number of ether oxygens (including phenoxy) is 2. The second-order valence-electron chi connectivity index (χ2n) is 6.30. The topological polar surface area (TPSA) is 59.6 Å². The number of hydrogen-bond donors (Lipinski definition) is 2. The maximum atomic E-state index is 12.5. The lowest BCUT2D eigenvalue weighted by molar-refractivity contribution is -0.143. The fourth-order valence-corrected chi connectivity index (χ4v) is 2.85. The van der Waals surface area contributed by atoms with Gasteiger partial charge in [-0.1, -0.05) is 25.5 Å². The number of rotatable bonds is 7. The Labute approximate surface area is 154 Å². The molecule has 0 amide bonds. The Bertz CT molecular complexity index is 653. The largest absolute Gasteiger partial charge is 0.494 e. The first-order chi connectivity index (χ1) is 11.9. The summed E-state index contributed by atoms with van der Waals surface area (Å²) in [5, 5.41) is 6.66. The van der Waals surface area contributed by atoms with Gasteiger partial charge in [0.15, 0.2) is 5.11 Å². The molecule has 0 fully saturated rings. The van der Waals surface area contributed by atoms with Gasteiger partial charge in [-0.05, 0) is 57.1 Å². The average molecular weight is 362 g/mol. The molecular weight excluding hydrogens is 336 g/mol. The van der Waals surface area contributed by atoms with Crippen LogP contribution in [0.4, 0.5) is 0 Å². The first-order valence-electron chi connectivity index (χ1n) is 8.64. The van der Waals surface area contributed by atoms with E-state index in [9.17, 15) is 4.79 Å². The molecule has 1 aliphatic rings. The van der Waals surface area contributed by atoms with E-state index in [0.29, 0.717) is 23.0 Å². The van der Waals surface area contributed by atoms with Crippen molar-refractivity contribution in [1.82, 2.24) is 10.6 Å². The van der Waals surface area contributed by atoms with Crippen molar-refractivity contribution in [2.24, 2.45) is 0 Å². The third-order valence-electron chi connectivity index (χ3n) is 3.81. The van der Waals surface area contributed by atoms with Gasteiger partial charge >= 0.3 is 5.97 Å². The van der Waals surface area contributed by atoms with E-state index in [1.54, 1.807) is 0 Å². The lowest BCUT2D eigenvalue weighted by Crippen LogP contribution is -2.45. The molecule has 5 nitrogen and oxygen atoms in total. The standard InChI is InChI=1S/C19H26N2O3S/c1-5-6-11-23-15-9-7-14(8-10-15)17-16(18(22)24-12(2)3)13(4)20-19(25)21-17/h7-10,12,17H,5-6,11H2,1-4H3,(H2,20,21,25). The van der Waals surface area contributed by atoms with Crippen molar-refractivity contribution in [2.45, 2.75) is 52.7 Å². The summed E-state index contributed by atoms with van der Waals surface area (Å²) in [6.07, 6.45) is 1.94. The second kappa shape index (κ2) is 8.85. The highest BCUT2D eigenvalue weighted by Gasteiger charge is 2.31. The van der Waals surface area contributed by atoms with Gasteiger partial charge < -0.3 is 20.1 Å². The van der Waals surface area contributed by atoms with Crippen LogP contribution in [0.5, 0.6) is 5.75 Å². The fourth-order valence-electron chi connectivity index (χ4n) is 2.58. The van der Waals surface area contributed by atoms with Gasteiger partial charge in [-0.15, -0.1) is 0 Å². The van der Waals surface area contributed by atoms with Crippen molar-refractivity contribution in [3.63, 3.8) is 0 Å². The predicted octanol–water partition coefficient (Wildman–Crippen LogP) is 3.61. The Morgan fingerprint density at radius 1 is 1.28 bits per heavy atom. The van der Waals surface area contributed by atoms with Gasteiger partial charge in [0.1, 0.15) is 5.75 Å². The van der Waals surface area contributed by atoms with Crippen LogP contribution in [0.15, 0.2) is 35.5 Å². The van der Waals surface area contributed by atoms with E-state index in [0.717, 1.165) is 24.2 Å². The third kappa shape index (κ3) is 5.19. The van der Waals surface area contributed by atoms with Crippen molar-refractivity contribution < 1.29 is 14.3 Å². The molecule has 0 aromatic heterocycles. The smallest absolute Gasteiger partial charge is 0.338 e. The number of hydrogen-bond acceptors (Lipinski definition) is 4. The van der Waals surface area contributed by atoms with Crippen molar-refractivity contribution >= 4 is 23.3 Å². The van der Waals surface area contributed by atoms with Crippen molar-refractivity contribution in [1.29, 1.82) is 0 Å². The SMILES string of the molecule is CCCCOc1ccc(C2NC(=S)NC(C)=C2C(=O)OC(C)C)cc1. The van der Waals surface area contributed by atoms with Crippen molar-refractivity contribution in [2.75, 3.05) is 6.61 Å². The minimum atomic E-state index is -0.344. The minimum Gasteiger partial charge on any atom is -0.494 e. The average Bonchev–Trinajstić information content (AvgIpc) is 2.54. The van der Waals surface area contributed by atoms with Gasteiger partial charge in [-0.25, -0.2) is 4.79 Å². The minimum absolute atomic E-state index is 0.184. The van der Waals surface area contributed by atoms with Crippen LogP contribution in [-0.2, 0) is 9.53 Å². The molecule has 0 radical (unpaired) electrons. The van der Waals surface area contributed by atoms with Crippen molar-refractivity contribution in [3.05, 3.63) is 41.1 Å². The molecule has 1 aliphatic heterocycles. The fraction of sp³-hybridized carbons (Fsp3) is 0.474. The van der Waals surface area contributed by atoms with Gasteiger partial charge in [0.25, 0.3) is 0 Å². The molecule has 1 aromatic carbocycles. The maximum Gasteiger partial charge on any atom is 0.338 e. The number of unbranched alkanes of at least 4 members (excludes halogenated alkanes) is 1. The molecule has 0 spiro atoms. The molecule has 1 unspecified atom stereocenters. The molecule has 25 heavy (non-hydrogen) atoms. The summed E-state index contributed by atoms with van der Waals surface area (Å²) in [7, 11) is 0. The number of nitrogens with one attached hydrogen (secondary N) is 2. The van der Waals surface area contributed by atoms with Gasteiger partial charge in [0, 0.05) is 5.70 Å². The first-order valence-corrected chi connectivity index (χ1v) is 9.05. The van der Waals surface area contributed by atoms with Gasteiger partial charge in [0.2, 0.25) is 0 Å². The lowest BCUT2D eigenvalue weighted by atomic mass is 9.95. The van der Waals surface area contributed by atoms with Crippen LogP contribution in [0.2, 0.25) is 0 Å². The van der Waals surface area contributed by atoms with Crippen LogP contribution in [-0.4, -0.2) is 23.8 Å². The van der Waals surface area contributed by atoms with E-state index in [1.807, 2.05) is 45.0 Å². The first kappa shape index (κ1) is 19.2. The monoisotopic (exact) mass is 362 g/mol. The van der Waals surface area contributed by atoms with Gasteiger partial charge in [0.05, 0.1) is 24.3 Å². The maximum absolute atomic E-state index is 12.5. The van der Waals surface area contributed by atoms with E-state index in [2.05, 4.69) is 17.6 Å². The molecule has 0 saturated carbocycles. The van der Waals surface area contributed by atoms with Crippen LogP contribution >= 0.6 is 12.2 Å². The van der Waals surface area contributed by atoms with Crippen LogP contribution < -0.4 is 15.4 Å². The van der Waals surface area contributed by atoms with E-state index in [1.165, 1.54) is 0 Å². The molecule has 136 valence electrons. The van der Waals surface area contributed by atoms with Crippen LogP contribution in [0.25, 0.3) is 0 Å². The third-order valence-corrected chi connectivity index (χ3v) is 4.03. The summed E-state index contributed by atoms with van der Waals surface area (Å²) < 4.78 is 11.1. The summed E-state index contributed by atoms with van der Waals surface area (Å²) in [6, 6.07) is 7.38. The Morgan fingerprint density at radius 2 is 1.96 bits per heavy atom. The normalized spacial score (nSPS) is 17.2. The molecule has 1 aromatic rings. The van der Waals surface area contributed by atoms with E-state index >= 15 is 0 Å². The Morgan fingerprint density at radius 3 is 2.56 bits per heavy atom. The Balaban J connectivity index is 2.23. The number of benzene rings is 1. The zero-order valence-electron chi connectivity index (χ0n) is 15.2. The quantitative estimate of drug-likeness (QED) is 0.439. The number of carbonyl (C=O) groups is 1. The van der Waals surface area contributed by atoms with Crippen LogP contribution in [0.3, 0.4) is 0 Å². The number of thiocarbonyl (C=S) groups is 1. The Hall–Kier alpha value is -2.08. The lowest BCUT2D eigenvalue weighted by Gasteiger charge is -2.30. The molecule has 2 N–H and O–H groups in total. The molecule has 0 bridgehead atoms. The summed E-state index contributed by atoms with van der Waals surface area (Å²) in [4.78, 5) is 12.5. The van der Waals surface area contributed by atoms with E-state index < -0.39 is 0 Å². The second-order valence-corrected chi connectivity index (χ2v) is 6.70. The van der Waals surface area contributed by atoms with Crippen molar-refractivity contribution in [3.8, 4) is 5.75 Å². The molecular formula is C19H26N2O3S. The molecule has 1 atom stereocenters. The zero-order valence-corrected chi connectivity index (χ0v) is 16.0. The highest BCUT2D eigenvalue weighted by Crippen LogP contribution is 2.29. The summed E-state index contributed by atoms with van der Waals surface area (Å²) in [5.41, 5.74) is 2.19. The summed E-state index contributed by atoms with van der Waals surface area (Å²) >= 11 is 5.25. The number of carbonyl (C=O) groups excluding carboxylic acids is 1. The number of esters is 1. The highest BCUT2D eigenvalue weighted by atomic mass is 32.1.